The molecule has 15 heavy (non-hydrogen) atoms. The summed E-state index contributed by atoms with van der Waals surface area (Å²) in [7, 11) is 0. The monoisotopic (exact) mass is 231 g/mol. The number of hydrogen-bond donors (Lipinski definition) is 2. The van der Waals surface area contributed by atoms with E-state index in [-0.39, 0.29) is 6.10 Å². The molecule has 1 heterocycles. The first-order chi connectivity index (χ1) is 7.17. The molecule has 2 N–H and O–H groups in total. The lowest BCUT2D eigenvalue weighted by molar-refractivity contribution is 0.0990. The van der Waals surface area contributed by atoms with Crippen molar-refractivity contribution in [2.75, 3.05) is 12.3 Å². The highest BCUT2D eigenvalue weighted by Gasteiger charge is 2.23. The molecule has 3 heteroatoms. The summed E-state index contributed by atoms with van der Waals surface area (Å²) in [6, 6.07) is 0.619. The molecule has 0 aromatic heterocycles. The number of thioether (sulfide) groups is 1. The van der Waals surface area contributed by atoms with Crippen LogP contribution in [0.2, 0.25) is 0 Å². The van der Waals surface area contributed by atoms with Crippen LogP contribution in [0.15, 0.2) is 0 Å². The SMILES string of the molecule is CCC(CC)C(O)CNC1CSC(C)C1. The summed E-state index contributed by atoms with van der Waals surface area (Å²) in [5.41, 5.74) is 0. The summed E-state index contributed by atoms with van der Waals surface area (Å²) in [6.45, 7) is 7.36. The smallest absolute Gasteiger partial charge is 0.0692 e. The Hall–Kier alpha value is 0.270. The number of rotatable bonds is 6. The van der Waals surface area contributed by atoms with Crippen molar-refractivity contribution in [1.82, 2.24) is 5.32 Å². The van der Waals surface area contributed by atoms with Crippen LogP contribution in [-0.2, 0) is 0 Å². The van der Waals surface area contributed by atoms with Crippen LogP contribution in [0.25, 0.3) is 0 Å². The van der Waals surface area contributed by atoms with E-state index in [1.807, 2.05) is 11.8 Å². The van der Waals surface area contributed by atoms with Crippen molar-refractivity contribution in [2.45, 2.75) is 57.4 Å². The lowest BCUT2D eigenvalue weighted by Crippen LogP contribution is -2.38. The van der Waals surface area contributed by atoms with Crippen molar-refractivity contribution in [3.05, 3.63) is 0 Å². The Labute approximate surface area is 98.2 Å². The van der Waals surface area contributed by atoms with Crippen molar-refractivity contribution in [1.29, 1.82) is 0 Å². The maximum absolute atomic E-state index is 9.97. The first-order valence-corrected chi connectivity index (χ1v) is 7.25. The van der Waals surface area contributed by atoms with E-state index in [0.29, 0.717) is 12.0 Å². The molecular formula is C12H25NOS. The van der Waals surface area contributed by atoms with Crippen LogP contribution in [-0.4, -0.2) is 34.8 Å². The maximum atomic E-state index is 9.97. The minimum Gasteiger partial charge on any atom is -0.392 e. The highest BCUT2D eigenvalue weighted by atomic mass is 32.2. The van der Waals surface area contributed by atoms with Crippen LogP contribution >= 0.6 is 11.8 Å². The summed E-state index contributed by atoms with van der Waals surface area (Å²) in [6.07, 6.45) is 3.24. The van der Waals surface area contributed by atoms with Gasteiger partial charge in [-0.2, -0.15) is 11.8 Å². The Morgan fingerprint density at radius 3 is 2.53 bits per heavy atom. The molecule has 1 aliphatic rings. The molecule has 1 aliphatic heterocycles. The molecular weight excluding hydrogens is 206 g/mol. The zero-order valence-corrected chi connectivity index (χ0v) is 11.0. The van der Waals surface area contributed by atoms with Crippen molar-refractivity contribution < 1.29 is 5.11 Å². The summed E-state index contributed by atoms with van der Waals surface area (Å²) in [4.78, 5) is 0. The molecule has 0 saturated carbocycles. The van der Waals surface area contributed by atoms with Gasteiger partial charge in [-0.3, -0.25) is 0 Å². The van der Waals surface area contributed by atoms with Gasteiger partial charge < -0.3 is 10.4 Å². The molecule has 0 bridgehead atoms. The minimum atomic E-state index is -0.166. The number of aliphatic hydroxyl groups excluding tert-OH is 1. The van der Waals surface area contributed by atoms with Crippen LogP contribution in [0.3, 0.4) is 0 Å². The van der Waals surface area contributed by atoms with Crippen molar-refractivity contribution in [3.63, 3.8) is 0 Å². The normalized spacial score (nSPS) is 28.6. The van der Waals surface area contributed by atoms with Gasteiger partial charge in [0.15, 0.2) is 0 Å². The second kappa shape index (κ2) is 6.77. The van der Waals surface area contributed by atoms with Gasteiger partial charge in [0.1, 0.15) is 0 Å². The van der Waals surface area contributed by atoms with Gasteiger partial charge in [-0.15, -0.1) is 0 Å². The summed E-state index contributed by atoms with van der Waals surface area (Å²) >= 11 is 2.03. The van der Waals surface area contributed by atoms with E-state index in [2.05, 4.69) is 26.1 Å². The number of hydrogen-bond acceptors (Lipinski definition) is 3. The van der Waals surface area contributed by atoms with Crippen molar-refractivity contribution in [2.24, 2.45) is 5.92 Å². The average molecular weight is 231 g/mol. The van der Waals surface area contributed by atoms with E-state index in [0.717, 1.165) is 24.6 Å². The second-order valence-electron chi connectivity index (χ2n) is 4.63. The summed E-state index contributed by atoms with van der Waals surface area (Å²) < 4.78 is 0. The van der Waals surface area contributed by atoms with E-state index in [4.69, 9.17) is 0 Å². The number of nitrogens with one attached hydrogen (secondary N) is 1. The lowest BCUT2D eigenvalue weighted by atomic mass is 9.96. The van der Waals surface area contributed by atoms with Gasteiger partial charge in [-0.05, 0) is 12.3 Å². The molecule has 0 amide bonds. The first-order valence-electron chi connectivity index (χ1n) is 6.20. The molecule has 0 radical (unpaired) electrons. The Morgan fingerprint density at radius 2 is 2.07 bits per heavy atom. The maximum Gasteiger partial charge on any atom is 0.0692 e. The van der Waals surface area contributed by atoms with Gasteiger partial charge in [0, 0.05) is 23.6 Å². The van der Waals surface area contributed by atoms with Gasteiger partial charge in [0.25, 0.3) is 0 Å². The van der Waals surface area contributed by atoms with Crippen LogP contribution in [0.1, 0.15) is 40.0 Å². The first kappa shape index (κ1) is 13.3. The molecule has 3 unspecified atom stereocenters. The second-order valence-corrected chi connectivity index (χ2v) is 6.10. The quantitative estimate of drug-likeness (QED) is 0.735. The molecule has 0 aromatic carbocycles. The molecule has 0 aromatic rings. The van der Waals surface area contributed by atoms with E-state index < -0.39 is 0 Å². The van der Waals surface area contributed by atoms with Crippen molar-refractivity contribution >= 4 is 11.8 Å². The molecule has 1 saturated heterocycles. The van der Waals surface area contributed by atoms with Gasteiger partial charge >= 0.3 is 0 Å². The topological polar surface area (TPSA) is 32.3 Å². The van der Waals surface area contributed by atoms with Crippen LogP contribution in [0.5, 0.6) is 0 Å². The average Bonchev–Trinajstić information content (AvgIpc) is 2.63. The van der Waals surface area contributed by atoms with Crippen LogP contribution in [0.4, 0.5) is 0 Å². The van der Waals surface area contributed by atoms with Gasteiger partial charge in [-0.25, -0.2) is 0 Å². The van der Waals surface area contributed by atoms with Gasteiger partial charge in [0.2, 0.25) is 0 Å². The zero-order chi connectivity index (χ0) is 11.3. The summed E-state index contributed by atoms with van der Waals surface area (Å²) in [5, 5.41) is 14.2. The van der Waals surface area contributed by atoms with E-state index in [9.17, 15) is 5.11 Å². The predicted molar refractivity (Wildman–Crippen MR) is 68.4 cm³/mol. The van der Waals surface area contributed by atoms with Gasteiger partial charge in [0.05, 0.1) is 6.10 Å². The van der Waals surface area contributed by atoms with Gasteiger partial charge in [-0.1, -0.05) is 33.6 Å². The fourth-order valence-electron chi connectivity index (χ4n) is 2.25. The van der Waals surface area contributed by atoms with Crippen molar-refractivity contribution in [3.8, 4) is 0 Å². The minimum absolute atomic E-state index is 0.166. The van der Waals surface area contributed by atoms with E-state index in [1.54, 1.807) is 0 Å². The molecule has 1 fully saturated rings. The predicted octanol–water partition coefficient (Wildman–Crippen LogP) is 2.27. The summed E-state index contributed by atoms with van der Waals surface area (Å²) in [5.74, 6) is 1.67. The van der Waals surface area contributed by atoms with Crippen LogP contribution in [0, 0.1) is 5.92 Å². The molecule has 0 spiro atoms. The molecule has 3 atom stereocenters. The van der Waals surface area contributed by atoms with E-state index in [1.165, 1.54) is 12.2 Å². The Kier molecular flexibility index (Phi) is 6.02. The molecule has 2 nitrogen and oxygen atoms in total. The fraction of sp³-hybridized carbons (Fsp3) is 1.00. The standard InChI is InChI=1S/C12H25NOS/c1-4-10(5-2)12(14)7-13-11-6-9(3)15-8-11/h9-14H,4-8H2,1-3H3. The Balaban J connectivity index is 2.18. The Morgan fingerprint density at radius 1 is 1.40 bits per heavy atom. The zero-order valence-electron chi connectivity index (χ0n) is 10.2. The molecule has 1 rings (SSSR count). The fourth-order valence-corrected chi connectivity index (χ4v) is 3.43. The third kappa shape index (κ3) is 4.33. The van der Waals surface area contributed by atoms with Crippen LogP contribution < -0.4 is 5.32 Å². The molecule has 0 aliphatic carbocycles. The third-order valence-corrected chi connectivity index (χ3v) is 4.76. The third-order valence-electron chi connectivity index (χ3n) is 3.41. The highest BCUT2D eigenvalue weighted by Crippen LogP contribution is 2.26. The highest BCUT2D eigenvalue weighted by molar-refractivity contribution is 8.00. The van der Waals surface area contributed by atoms with E-state index >= 15 is 0 Å². The lowest BCUT2D eigenvalue weighted by Gasteiger charge is -2.22. The molecule has 90 valence electrons. The number of aliphatic hydroxyl groups is 1. The largest absolute Gasteiger partial charge is 0.392 e. The Bertz CT molecular complexity index is 173.